The highest BCUT2D eigenvalue weighted by molar-refractivity contribution is 6.07. The van der Waals surface area contributed by atoms with Crippen molar-refractivity contribution in [2.24, 2.45) is 4.99 Å². The number of ether oxygens (including phenoxy) is 1. The molecule has 1 aromatic rings. The van der Waals surface area contributed by atoms with Crippen LogP contribution >= 0.6 is 0 Å². The predicted molar refractivity (Wildman–Crippen MR) is 101 cm³/mol. The molecule has 3 rings (SSSR count). The summed E-state index contributed by atoms with van der Waals surface area (Å²) in [6, 6.07) is 3.08. The fourth-order valence-corrected chi connectivity index (χ4v) is 3.02. The van der Waals surface area contributed by atoms with Gasteiger partial charge >= 0.3 is 0 Å². The number of nitro benzene ring substituents is 1. The van der Waals surface area contributed by atoms with E-state index in [1.807, 2.05) is 11.9 Å². The number of carbonyl (C=O) groups is 2. The fraction of sp³-hybridized carbons (Fsp3) is 0.471. The molecule has 0 bridgehead atoms. The Labute approximate surface area is 161 Å². The molecular formula is C17H22N6O5. The lowest BCUT2D eigenvalue weighted by atomic mass is 10.2. The summed E-state index contributed by atoms with van der Waals surface area (Å²) in [5.74, 6) is -0.0840. The van der Waals surface area contributed by atoms with E-state index < -0.39 is 16.9 Å². The Bertz CT molecular complexity index is 818. The van der Waals surface area contributed by atoms with Crippen LogP contribution in [0.15, 0.2) is 23.2 Å². The van der Waals surface area contributed by atoms with Crippen molar-refractivity contribution < 1.29 is 19.2 Å². The minimum atomic E-state index is -0.807. The average Bonchev–Trinajstić information content (AvgIpc) is 3.02. The van der Waals surface area contributed by atoms with E-state index in [9.17, 15) is 19.7 Å². The molecule has 0 radical (unpaired) electrons. The van der Waals surface area contributed by atoms with Gasteiger partial charge in [0, 0.05) is 32.2 Å². The van der Waals surface area contributed by atoms with E-state index in [-0.39, 0.29) is 23.8 Å². The molecule has 0 aliphatic carbocycles. The number of aliphatic imine (C=N–C) groups is 1. The Hall–Kier alpha value is -3.21. The first kappa shape index (κ1) is 19.5. The van der Waals surface area contributed by atoms with Crippen LogP contribution in [0.5, 0.6) is 5.75 Å². The van der Waals surface area contributed by atoms with Crippen LogP contribution in [0.3, 0.4) is 0 Å². The van der Waals surface area contributed by atoms with Crippen LogP contribution < -0.4 is 15.4 Å². The normalized spacial score (nSPS) is 19.8. The van der Waals surface area contributed by atoms with Gasteiger partial charge in [-0.2, -0.15) is 0 Å². The first-order chi connectivity index (χ1) is 13.4. The smallest absolute Gasteiger partial charge is 0.273 e. The highest BCUT2D eigenvalue weighted by atomic mass is 16.6. The predicted octanol–water partition coefficient (Wildman–Crippen LogP) is 0.0338. The van der Waals surface area contributed by atoms with Crippen molar-refractivity contribution in [3.05, 3.63) is 28.3 Å². The second-order valence-corrected chi connectivity index (χ2v) is 6.64. The van der Waals surface area contributed by atoms with Gasteiger partial charge in [-0.3, -0.25) is 25.0 Å². The van der Waals surface area contributed by atoms with Gasteiger partial charge in [0.2, 0.25) is 11.9 Å². The Balaban J connectivity index is 1.63. The number of anilines is 1. The van der Waals surface area contributed by atoms with Crippen molar-refractivity contribution in [2.75, 3.05) is 45.7 Å². The SMILES string of the molecule is COc1cc([N+](=O)[O-])ccc1NC(=O)CC1N=C(N2CCN(C)CC2)NC1=O. The van der Waals surface area contributed by atoms with Gasteiger partial charge < -0.3 is 19.9 Å². The maximum atomic E-state index is 12.4. The molecule has 0 spiro atoms. The van der Waals surface area contributed by atoms with Gasteiger partial charge in [0.25, 0.3) is 11.6 Å². The summed E-state index contributed by atoms with van der Waals surface area (Å²) in [4.78, 5) is 43.4. The lowest BCUT2D eigenvalue weighted by molar-refractivity contribution is -0.384. The molecule has 2 aliphatic rings. The number of non-ortho nitro benzene ring substituents is 1. The Morgan fingerprint density at radius 3 is 2.75 bits per heavy atom. The van der Waals surface area contributed by atoms with Crippen LogP contribution in [-0.2, 0) is 9.59 Å². The summed E-state index contributed by atoms with van der Waals surface area (Å²) in [6.07, 6.45) is -0.136. The van der Waals surface area contributed by atoms with Gasteiger partial charge in [0.15, 0.2) is 0 Å². The van der Waals surface area contributed by atoms with Crippen LogP contribution in [0.1, 0.15) is 6.42 Å². The van der Waals surface area contributed by atoms with Crippen molar-refractivity contribution in [1.82, 2.24) is 15.1 Å². The van der Waals surface area contributed by atoms with Crippen molar-refractivity contribution in [2.45, 2.75) is 12.5 Å². The molecule has 1 fully saturated rings. The summed E-state index contributed by atoms with van der Waals surface area (Å²) < 4.78 is 5.10. The summed E-state index contributed by atoms with van der Waals surface area (Å²) in [5.41, 5.74) is 0.145. The topological polar surface area (TPSA) is 129 Å². The molecule has 1 unspecified atom stereocenters. The first-order valence-electron chi connectivity index (χ1n) is 8.82. The van der Waals surface area contributed by atoms with E-state index in [0.29, 0.717) is 11.6 Å². The number of nitrogens with zero attached hydrogens (tertiary/aromatic N) is 4. The third kappa shape index (κ3) is 4.36. The largest absolute Gasteiger partial charge is 0.494 e. The number of methoxy groups -OCH3 is 1. The van der Waals surface area contributed by atoms with E-state index in [1.165, 1.54) is 25.3 Å². The molecule has 2 aliphatic heterocycles. The zero-order chi connectivity index (χ0) is 20.3. The van der Waals surface area contributed by atoms with Crippen LogP contribution in [-0.4, -0.2) is 78.9 Å². The molecule has 1 saturated heterocycles. The van der Waals surface area contributed by atoms with Gasteiger partial charge in [0.1, 0.15) is 11.8 Å². The quantitative estimate of drug-likeness (QED) is 0.536. The van der Waals surface area contributed by atoms with Crippen LogP contribution in [0.4, 0.5) is 11.4 Å². The molecule has 11 heteroatoms. The highest BCUT2D eigenvalue weighted by Crippen LogP contribution is 2.29. The van der Waals surface area contributed by atoms with E-state index in [2.05, 4.69) is 20.5 Å². The third-order valence-corrected chi connectivity index (χ3v) is 4.67. The molecule has 2 heterocycles. The number of amides is 2. The number of likely N-dealkylation sites (N-methyl/N-ethyl adjacent to an activating group) is 1. The fourth-order valence-electron chi connectivity index (χ4n) is 3.02. The van der Waals surface area contributed by atoms with Gasteiger partial charge in [-0.1, -0.05) is 0 Å². The number of carbonyl (C=O) groups excluding carboxylic acids is 2. The maximum absolute atomic E-state index is 12.4. The third-order valence-electron chi connectivity index (χ3n) is 4.67. The number of nitrogens with one attached hydrogen (secondary N) is 2. The number of guanidine groups is 1. The molecule has 2 N–H and O–H groups in total. The van der Waals surface area contributed by atoms with E-state index in [0.717, 1.165) is 26.2 Å². The number of rotatable bonds is 5. The molecule has 28 heavy (non-hydrogen) atoms. The zero-order valence-electron chi connectivity index (χ0n) is 15.7. The summed E-state index contributed by atoms with van der Waals surface area (Å²) in [7, 11) is 3.39. The van der Waals surface area contributed by atoms with Crippen molar-refractivity contribution in [3.8, 4) is 5.75 Å². The lowest BCUT2D eigenvalue weighted by Crippen LogP contribution is -2.50. The van der Waals surface area contributed by atoms with Crippen LogP contribution in [0, 0.1) is 10.1 Å². The van der Waals surface area contributed by atoms with E-state index >= 15 is 0 Å². The number of benzene rings is 1. The van der Waals surface area contributed by atoms with Gasteiger partial charge in [-0.15, -0.1) is 0 Å². The summed E-state index contributed by atoms with van der Waals surface area (Å²) >= 11 is 0. The summed E-state index contributed by atoms with van der Waals surface area (Å²) in [5, 5.41) is 16.2. The Kier molecular flexibility index (Phi) is 5.73. The molecule has 0 saturated carbocycles. The maximum Gasteiger partial charge on any atom is 0.273 e. The zero-order valence-corrected chi connectivity index (χ0v) is 15.7. The molecule has 1 aromatic carbocycles. The summed E-state index contributed by atoms with van der Waals surface area (Å²) in [6.45, 7) is 3.27. The van der Waals surface area contributed by atoms with Gasteiger partial charge in [-0.25, -0.2) is 4.99 Å². The highest BCUT2D eigenvalue weighted by Gasteiger charge is 2.32. The minimum Gasteiger partial charge on any atom is -0.494 e. The second-order valence-electron chi connectivity index (χ2n) is 6.64. The van der Waals surface area contributed by atoms with Crippen LogP contribution in [0.2, 0.25) is 0 Å². The van der Waals surface area contributed by atoms with Crippen LogP contribution in [0.25, 0.3) is 0 Å². The minimum absolute atomic E-state index is 0.136. The van der Waals surface area contributed by atoms with Crippen molar-refractivity contribution >= 4 is 29.1 Å². The van der Waals surface area contributed by atoms with E-state index in [4.69, 9.17) is 4.74 Å². The first-order valence-corrected chi connectivity index (χ1v) is 8.82. The molecular weight excluding hydrogens is 368 g/mol. The number of hydrogen-bond donors (Lipinski definition) is 2. The van der Waals surface area contributed by atoms with Gasteiger partial charge in [0.05, 0.1) is 30.2 Å². The molecule has 150 valence electrons. The lowest BCUT2D eigenvalue weighted by Gasteiger charge is -2.33. The standard InChI is InChI=1S/C17H22N6O5/c1-21-5-7-22(8-6-21)17-19-13(16(25)20-17)10-15(24)18-12-4-3-11(23(26)27)9-14(12)28-2/h3-4,9,13H,5-8,10H2,1-2H3,(H,18,24)(H,19,20,25). The number of nitro groups is 1. The molecule has 0 aromatic heterocycles. The average molecular weight is 390 g/mol. The number of piperazine rings is 1. The van der Waals surface area contributed by atoms with E-state index in [1.54, 1.807) is 0 Å². The monoisotopic (exact) mass is 390 g/mol. The molecule has 2 amide bonds. The number of hydrogen-bond acceptors (Lipinski definition) is 8. The second kappa shape index (κ2) is 8.21. The Morgan fingerprint density at radius 2 is 2.11 bits per heavy atom. The van der Waals surface area contributed by atoms with Crippen molar-refractivity contribution in [3.63, 3.8) is 0 Å². The Morgan fingerprint density at radius 1 is 1.39 bits per heavy atom. The van der Waals surface area contributed by atoms with Gasteiger partial charge in [-0.05, 0) is 13.1 Å². The van der Waals surface area contributed by atoms with Crippen molar-refractivity contribution in [1.29, 1.82) is 0 Å². The molecule has 11 nitrogen and oxygen atoms in total. The molecule has 1 atom stereocenters.